The molecule has 0 bridgehead atoms. The van der Waals surface area contributed by atoms with Gasteiger partial charge in [-0.05, 0) is 6.07 Å². The Hall–Kier alpha value is -2.50. The van der Waals surface area contributed by atoms with Crippen LogP contribution in [0.2, 0.25) is 0 Å². The van der Waals surface area contributed by atoms with Gasteiger partial charge in [-0.25, -0.2) is 0 Å². The van der Waals surface area contributed by atoms with Crippen LogP contribution < -0.4 is 15.8 Å². The average molecular weight is 246 g/mol. The van der Waals surface area contributed by atoms with Gasteiger partial charge in [0.25, 0.3) is 0 Å². The zero-order valence-corrected chi connectivity index (χ0v) is 10.2. The predicted octanol–water partition coefficient (Wildman–Crippen LogP) is 1.63. The fraction of sp³-hybridized carbons (Fsp3) is 0.167. The van der Waals surface area contributed by atoms with Gasteiger partial charge in [0.2, 0.25) is 5.91 Å². The van der Waals surface area contributed by atoms with E-state index in [2.05, 4.69) is 15.5 Å². The van der Waals surface area contributed by atoms with E-state index in [1.807, 2.05) is 12.1 Å². The van der Waals surface area contributed by atoms with Gasteiger partial charge in [0.05, 0.1) is 19.0 Å². The summed E-state index contributed by atoms with van der Waals surface area (Å²) in [7, 11) is 1.54. The summed E-state index contributed by atoms with van der Waals surface area (Å²) in [6.45, 7) is 1.44. The molecule has 1 aromatic carbocycles. The number of hydrogen-bond donors (Lipinski definition) is 3. The molecular weight excluding hydrogens is 232 g/mol. The van der Waals surface area contributed by atoms with Crippen LogP contribution in [-0.2, 0) is 4.79 Å². The summed E-state index contributed by atoms with van der Waals surface area (Å²) in [6.07, 6.45) is 1.61. The highest BCUT2D eigenvalue weighted by Crippen LogP contribution is 2.37. The van der Waals surface area contributed by atoms with Crippen molar-refractivity contribution in [1.82, 2.24) is 10.2 Å². The van der Waals surface area contributed by atoms with Gasteiger partial charge in [-0.1, -0.05) is 12.1 Å². The molecule has 6 heteroatoms. The van der Waals surface area contributed by atoms with E-state index in [0.29, 0.717) is 17.3 Å². The van der Waals surface area contributed by atoms with Gasteiger partial charge < -0.3 is 15.8 Å². The Morgan fingerprint density at radius 3 is 2.78 bits per heavy atom. The van der Waals surface area contributed by atoms with Crippen LogP contribution in [-0.4, -0.2) is 23.2 Å². The Bertz CT molecular complexity index is 577. The summed E-state index contributed by atoms with van der Waals surface area (Å²) in [4.78, 5) is 11.3. The molecule has 0 aliphatic rings. The first-order chi connectivity index (χ1) is 8.63. The van der Waals surface area contributed by atoms with Crippen molar-refractivity contribution in [3.8, 4) is 16.9 Å². The number of aromatic amines is 1. The second-order valence-corrected chi connectivity index (χ2v) is 3.76. The van der Waals surface area contributed by atoms with Crippen molar-refractivity contribution in [2.24, 2.45) is 0 Å². The number of methoxy groups -OCH3 is 1. The largest absolute Gasteiger partial charge is 0.495 e. The Morgan fingerprint density at radius 1 is 1.44 bits per heavy atom. The number of anilines is 2. The summed E-state index contributed by atoms with van der Waals surface area (Å²) < 4.78 is 5.24. The highest BCUT2D eigenvalue weighted by molar-refractivity contribution is 5.97. The summed E-state index contributed by atoms with van der Waals surface area (Å²) in [6, 6.07) is 5.44. The molecule has 1 aromatic heterocycles. The van der Waals surface area contributed by atoms with E-state index >= 15 is 0 Å². The first-order valence-corrected chi connectivity index (χ1v) is 5.37. The third-order valence-corrected chi connectivity index (χ3v) is 2.51. The zero-order chi connectivity index (χ0) is 13.1. The molecule has 1 heterocycles. The van der Waals surface area contributed by atoms with E-state index < -0.39 is 0 Å². The van der Waals surface area contributed by atoms with Gasteiger partial charge >= 0.3 is 0 Å². The number of ether oxygens (including phenoxy) is 1. The molecule has 0 aliphatic heterocycles. The van der Waals surface area contributed by atoms with Crippen LogP contribution in [0.4, 0.5) is 11.5 Å². The van der Waals surface area contributed by atoms with E-state index in [1.165, 1.54) is 6.92 Å². The average Bonchev–Trinajstić information content (AvgIpc) is 2.75. The number of aromatic nitrogens is 2. The maximum Gasteiger partial charge on any atom is 0.221 e. The van der Waals surface area contributed by atoms with E-state index in [4.69, 9.17) is 10.5 Å². The highest BCUT2D eigenvalue weighted by atomic mass is 16.5. The maximum absolute atomic E-state index is 11.3. The van der Waals surface area contributed by atoms with Gasteiger partial charge in [0.1, 0.15) is 11.6 Å². The third kappa shape index (κ3) is 2.13. The Kier molecular flexibility index (Phi) is 3.18. The minimum atomic E-state index is -0.178. The molecule has 0 spiro atoms. The number of rotatable bonds is 3. The summed E-state index contributed by atoms with van der Waals surface area (Å²) in [5.41, 5.74) is 7.86. The molecule has 1 amide bonds. The quantitative estimate of drug-likeness (QED) is 0.767. The number of H-pyrrole nitrogens is 1. The van der Waals surface area contributed by atoms with Crippen LogP contribution in [0.1, 0.15) is 6.92 Å². The molecule has 0 unspecified atom stereocenters. The molecule has 2 rings (SSSR count). The highest BCUT2D eigenvalue weighted by Gasteiger charge is 2.14. The molecule has 0 atom stereocenters. The minimum absolute atomic E-state index is 0.178. The van der Waals surface area contributed by atoms with E-state index in [9.17, 15) is 4.79 Å². The fourth-order valence-electron chi connectivity index (χ4n) is 1.74. The first kappa shape index (κ1) is 12.0. The molecule has 0 saturated carbocycles. The van der Waals surface area contributed by atoms with Crippen molar-refractivity contribution in [3.05, 3.63) is 24.4 Å². The van der Waals surface area contributed by atoms with Crippen molar-refractivity contribution in [2.45, 2.75) is 6.92 Å². The van der Waals surface area contributed by atoms with E-state index in [-0.39, 0.29) is 5.91 Å². The number of carbonyl (C=O) groups excluding carboxylic acids is 1. The van der Waals surface area contributed by atoms with Crippen LogP contribution in [0.15, 0.2) is 24.4 Å². The molecule has 4 N–H and O–H groups in total. The molecule has 6 nitrogen and oxygen atoms in total. The summed E-state index contributed by atoms with van der Waals surface area (Å²) in [5, 5.41) is 9.28. The lowest BCUT2D eigenvalue weighted by Gasteiger charge is -2.13. The normalized spacial score (nSPS) is 10.1. The smallest absolute Gasteiger partial charge is 0.221 e. The standard InChI is InChI=1S/C12H14N4O2/c1-7(17)15-11-8(4-3-5-10(11)18-2)9-6-14-16-12(9)13/h3-6H,1-2H3,(H,15,17)(H3,13,14,16). The lowest BCUT2D eigenvalue weighted by molar-refractivity contribution is -0.114. The molecule has 18 heavy (non-hydrogen) atoms. The molecule has 0 aliphatic carbocycles. The van der Waals surface area contributed by atoms with Crippen molar-refractivity contribution < 1.29 is 9.53 Å². The molecule has 94 valence electrons. The monoisotopic (exact) mass is 246 g/mol. The Balaban J connectivity index is 2.59. The fourth-order valence-corrected chi connectivity index (χ4v) is 1.74. The van der Waals surface area contributed by atoms with E-state index in [0.717, 1.165) is 11.1 Å². The second-order valence-electron chi connectivity index (χ2n) is 3.76. The van der Waals surface area contributed by atoms with Gasteiger partial charge in [-0.15, -0.1) is 0 Å². The lowest BCUT2D eigenvalue weighted by atomic mass is 10.1. The Morgan fingerprint density at radius 2 is 2.22 bits per heavy atom. The summed E-state index contributed by atoms with van der Waals surface area (Å²) in [5.74, 6) is 0.834. The number of carbonyl (C=O) groups is 1. The number of benzene rings is 1. The van der Waals surface area contributed by atoms with Crippen LogP contribution in [0, 0.1) is 0 Å². The van der Waals surface area contributed by atoms with Crippen molar-refractivity contribution in [2.75, 3.05) is 18.2 Å². The molecular formula is C12H14N4O2. The number of nitrogens with two attached hydrogens (primary N) is 1. The Labute approximate surface area is 104 Å². The number of nitrogen functional groups attached to an aromatic ring is 1. The molecule has 0 radical (unpaired) electrons. The zero-order valence-electron chi connectivity index (χ0n) is 10.2. The second kappa shape index (κ2) is 4.79. The topological polar surface area (TPSA) is 93.0 Å². The third-order valence-electron chi connectivity index (χ3n) is 2.51. The van der Waals surface area contributed by atoms with Gasteiger partial charge in [-0.3, -0.25) is 9.89 Å². The van der Waals surface area contributed by atoms with Crippen LogP contribution in [0.3, 0.4) is 0 Å². The van der Waals surface area contributed by atoms with Gasteiger partial charge in [0.15, 0.2) is 0 Å². The van der Waals surface area contributed by atoms with Crippen LogP contribution in [0.25, 0.3) is 11.1 Å². The number of amides is 1. The number of nitrogens with one attached hydrogen (secondary N) is 2. The van der Waals surface area contributed by atoms with Crippen molar-refractivity contribution in [3.63, 3.8) is 0 Å². The predicted molar refractivity (Wildman–Crippen MR) is 69.3 cm³/mol. The van der Waals surface area contributed by atoms with Crippen LogP contribution in [0.5, 0.6) is 5.75 Å². The van der Waals surface area contributed by atoms with Gasteiger partial charge in [0, 0.05) is 18.1 Å². The molecule has 2 aromatic rings. The summed E-state index contributed by atoms with van der Waals surface area (Å²) >= 11 is 0. The van der Waals surface area contributed by atoms with Crippen molar-refractivity contribution >= 4 is 17.4 Å². The SMILES string of the molecule is COc1cccc(-c2cn[nH]c2N)c1NC(C)=O. The lowest BCUT2D eigenvalue weighted by Crippen LogP contribution is -2.08. The molecule has 0 saturated heterocycles. The van der Waals surface area contributed by atoms with Gasteiger partial charge in [-0.2, -0.15) is 5.10 Å². The molecule has 0 fully saturated rings. The van der Waals surface area contributed by atoms with Crippen molar-refractivity contribution in [1.29, 1.82) is 0 Å². The minimum Gasteiger partial charge on any atom is -0.495 e. The number of nitrogens with zero attached hydrogens (tertiary/aromatic N) is 1. The number of para-hydroxylation sites is 1. The number of hydrogen-bond acceptors (Lipinski definition) is 4. The maximum atomic E-state index is 11.3. The first-order valence-electron chi connectivity index (χ1n) is 5.37. The van der Waals surface area contributed by atoms with Crippen LogP contribution >= 0.6 is 0 Å². The van der Waals surface area contributed by atoms with E-state index in [1.54, 1.807) is 19.4 Å².